The lowest BCUT2D eigenvalue weighted by Gasteiger charge is -2.31. The highest BCUT2D eigenvalue weighted by Crippen LogP contribution is 2.47. The van der Waals surface area contributed by atoms with E-state index in [4.69, 9.17) is 15.2 Å². The summed E-state index contributed by atoms with van der Waals surface area (Å²) in [4.78, 5) is 21.7. The number of aromatic nitrogens is 4. The summed E-state index contributed by atoms with van der Waals surface area (Å²) in [5.74, 6) is -0.279. The van der Waals surface area contributed by atoms with Gasteiger partial charge in [0.2, 0.25) is 0 Å². The molecule has 43 heavy (non-hydrogen) atoms. The Kier molecular flexibility index (Phi) is 7.22. The van der Waals surface area contributed by atoms with E-state index in [1.165, 1.54) is 12.3 Å². The molecular formula is C28H30F4N8O2S. The number of benzene rings is 1. The van der Waals surface area contributed by atoms with Crippen LogP contribution in [-0.2, 0) is 10.9 Å². The van der Waals surface area contributed by atoms with Crippen LogP contribution >= 0.6 is 11.3 Å². The molecule has 3 aliphatic rings. The van der Waals surface area contributed by atoms with Crippen LogP contribution in [0.1, 0.15) is 18.4 Å². The number of nitrogens with zero attached hydrogens (tertiary/aromatic N) is 6. The number of halogens is 4. The zero-order valence-corrected chi connectivity index (χ0v) is 24.0. The summed E-state index contributed by atoms with van der Waals surface area (Å²) in [7, 11) is 0. The normalized spacial score (nSPS) is 19.3. The van der Waals surface area contributed by atoms with Crippen molar-refractivity contribution in [3.63, 3.8) is 0 Å². The van der Waals surface area contributed by atoms with Crippen molar-refractivity contribution in [3.8, 4) is 17.3 Å². The largest absolute Gasteiger partial charge is 0.463 e. The third kappa shape index (κ3) is 5.54. The number of nitrogens with one attached hydrogen (secondary N) is 1. The summed E-state index contributed by atoms with van der Waals surface area (Å²) >= 11 is 0.869. The Balaban J connectivity index is 1.34. The summed E-state index contributed by atoms with van der Waals surface area (Å²) < 4.78 is 71.2. The van der Waals surface area contributed by atoms with Crippen molar-refractivity contribution in [2.45, 2.75) is 19.0 Å². The van der Waals surface area contributed by atoms with Gasteiger partial charge < -0.3 is 25.4 Å². The van der Waals surface area contributed by atoms with Crippen molar-refractivity contribution >= 4 is 43.4 Å². The molecule has 228 valence electrons. The van der Waals surface area contributed by atoms with Gasteiger partial charge in [0.05, 0.1) is 46.6 Å². The molecule has 1 aliphatic carbocycles. The molecule has 0 unspecified atom stereocenters. The van der Waals surface area contributed by atoms with Crippen LogP contribution in [0.3, 0.4) is 0 Å². The number of fused-ring (bicyclic) bond motifs is 2. The molecule has 0 spiro atoms. The van der Waals surface area contributed by atoms with Gasteiger partial charge in [-0.1, -0.05) is 11.3 Å². The standard InChI is InChI=1S/C28H30F4N8O2S/c29-18-2-1-16(22-23(18)43-25(33)36-22)20-19(28(30,31)32)21-17(13-35-20)24(40-7-5-34-6-8-40)38-26(37-21)42-15-27(3-4-27)14-39-9-11-41-12-10-39/h1-2,13,34H,3-12,14-15H2,(H2,33,36). The SMILES string of the molecule is Nc1nc2c(-c3ncc4c(N5CCNCC5)nc(OCC5(CN6CCOCC6)CC5)nc4c3C(F)(F)F)ccc(F)c2s1. The van der Waals surface area contributed by atoms with E-state index in [0.717, 1.165) is 49.9 Å². The van der Waals surface area contributed by atoms with Gasteiger partial charge in [-0.2, -0.15) is 23.1 Å². The predicted octanol–water partition coefficient (Wildman–Crippen LogP) is 3.94. The molecular weight excluding hydrogens is 588 g/mol. The minimum absolute atomic E-state index is 0.0193. The lowest BCUT2D eigenvalue weighted by molar-refractivity contribution is -0.136. The van der Waals surface area contributed by atoms with Crippen LogP contribution in [0.15, 0.2) is 18.3 Å². The van der Waals surface area contributed by atoms with Crippen molar-refractivity contribution in [2.75, 3.05) is 76.3 Å². The van der Waals surface area contributed by atoms with Crippen LogP contribution in [0, 0.1) is 11.2 Å². The fraction of sp³-hybridized carbons (Fsp3) is 0.500. The number of hydrogen-bond donors (Lipinski definition) is 2. The number of morpholine rings is 1. The summed E-state index contributed by atoms with van der Waals surface area (Å²) in [5.41, 5.74) is 3.98. The lowest BCUT2D eigenvalue weighted by atomic mass is 10.0. The first-order chi connectivity index (χ1) is 20.7. The van der Waals surface area contributed by atoms with Gasteiger partial charge in [-0.25, -0.2) is 9.37 Å². The maximum absolute atomic E-state index is 15.0. The second-order valence-electron chi connectivity index (χ2n) is 11.3. The van der Waals surface area contributed by atoms with Gasteiger partial charge in [-0.05, 0) is 25.0 Å². The molecule has 3 fully saturated rings. The highest BCUT2D eigenvalue weighted by molar-refractivity contribution is 7.22. The van der Waals surface area contributed by atoms with Gasteiger partial charge >= 0.3 is 12.2 Å². The minimum atomic E-state index is -4.86. The van der Waals surface area contributed by atoms with Gasteiger partial charge in [-0.15, -0.1) is 0 Å². The van der Waals surface area contributed by atoms with Crippen LogP contribution in [0.25, 0.3) is 32.4 Å². The maximum Gasteiger partial charge on any atom is 0.420 e. The lowest BCUT2D eigenvalue weighted by Crippen LogP contribution is -2.44. The fourth-order valence-corrected chi connectivity index (χ4v) is 6.63. The van der Waals surface area contributed by atoms with Gasteiger partial charge in [0.1, 0.15) is 17.2 Å². The minimum Gasteiger partial charge on any atom is -0.463 e. The molecule has 3 N–H and O–H groups in total. The zero-order valence-electron chi connectivity index (χ0n) is 23.2. The first-order valence-corrected chi connectivity index (χ1v) is 15.0. The van der Waals surface area contributed by atoms with Crippen LogP contribution in [-0.4, -0.2) is 90.5 Å². The van der Waals surface area contributed by atoms with E-state index in [1.54, 1.807) is 0 Å². The molecule has 0 atom stereocenters. The number of anilines is 2. The zero-order chi connectivity index (χ0) is 29.8. The molecule has 15 heteroatoms. The van der Waals surface area contributed by atoms with Crippen LogP contribution in [0.2, 0.25) is 0 Å². The average Bonchev–Trinajstić information content (AvgIpc) is 3.64. The van der Waals surface area contributed by atoms with Gasteiger partial charge in [0, 0.05) is 63.0 Å². The number of hydrogen-bond acceptors (Lipinski definition) is 11. The topological polar surface area (TPSA) is 115 Å². The summed E-state index contributed by atoms with van der Waals surface area (Å²) in [6, 6.07) is 2.24. The second-order valence-corrected chi connectivity index (χ2v) is 12.3. The number of pyridine rings is 1. The molecule has 0 bridgehead atoms. The molecule has 7 rings (SSSR count). The van der Waals surface area contributed by atoms with E-state index in [0.29, 0.717) is 51.8 Å². The number of thiazole rings is 1. The third-order valence-corrected chi connectivity index (χ3v) is 9.19. The third-order valence-electron chi connectivity index (χ3n) is 8.30. The first-order valence-electron chi connectivity index (χ1n) is 14.2. The molecule has 1 aromatic carbocycles. The smallest absolute Gasteiger partial charge is 0.420 e. The molecule has 3 aromatic heterocycles. The predicted molar refractivity (Wildman–Crippen MR) is 155 cm³/mol. The number of nitrogens with two attached hydrogens (primary N) is 1. The summed E-state index contributed by atoms with van der Waals surface area (Å²) in [6.07, 6.45) is -1.58. The second kappa shape index (κ2) is 10.9. The van der Waals surface area contributed by atoms with Crippen LogP contribution in [0.5, 0.6) is 6.01 Å². The van der Waals surface area contributed by atoms with E-state index in [1.807, 2.05) is 4.90 Å². The van der Waals surface area contributed by atoms with E-state index in [-0.39, 0.29) is 43.2 Å². The van der Waals surface area contributed by atoms with Crippen molar-refractivity contribution in [2.24, 2.45) is 5.41 Å². The molecule has 10 nitrogen and oxygen atoms in total. The quantitative estimate of drug-likeness (QED) is 0.295. The molecule has 4 aromatic rings. The molecule has 2 saturated heterocycles. The van der Waals surface area contributed by atoms with Gasteiger partial charge in [-0.3, -0.25) is 9.88 Å². The van der Waals surface area contributed by atoms with Crippen molar-refractivity contribution in [3.05, 3.63) is 29.7 Å². The Morgan fingerprint density at radius 1 is 1.05 bits per heavy atom. The Hall–Kier alpha value is -3.40. The van der Waals surface area contributed by atoms with Gasteiger partial charge in [0.25, 0.3) is 0 Å². The highest BCUT2D eigenvalue weighted by atomic mass is 32.1. The average molecular weight is 619 g/mol. The van der Waals surface area contributed by atoms with Crippen molar-refractivity contribution in [1.29, 1.82) is 0 Å². The number of alkyl halides is 3. The number of ether oxygens (including phenoxy) is 2. The molecule has 5 heterocycles. The van der Waals surface area contributed by atoms with E-state index >= 15 is 13.2 Å². The summed E-state index contributed by atoms with van der Waals surface area (Å²) in [6.45, 7) is 6.58. The van der Waals surface area contributed by atoms with Crippen LogP contribution < -0.4 is 20.7 Å². The molecule has 0 amide bonds. The maximum atomic E-state index is 15.0. The Morgan fingerprint density at radius 2 is 1.81 bits per heavy atom. The molecule has 1 saturated carbocycles. The Morgan fingerprint density at radius 3 is 2.53 bits per heavy atom. The van der Waals surface area contributed by atoms with E-state index < -0.39 is 23.3 Å². The van der Waals surface area contributed by atoms with E-state index in [9.17, 15) is 4.39 Å². The summed E-state index contributed by atoms with van der Waals surface area (Å²) in [5, 5.41) is 3.46. The highest BCUT2D eigenvalue weighted by Gasteiger charge is 2.45. The molecule has 0 radical (unpaired) electrons. The number of rotatable bonds is 7. The van der Waals surface area contributed by atoms with Crippen molar-refractivity contribution < 1.29 is 27.0 Å². The van der Waals surface area contributed by atoms with E-state index in [2.05, 4.69) is 30.2 Å². The Bertz CT molecular complexity index is 1670. The van der Waals surface area contributed by atoms with Crippen molar-refractivity contribution in [1.82, 2.24) is 30.2 Å². The van der Waals surface area contributed by atoms with Crippen LogP contribution in [0.4, 0.5) is 28.5 Å². The molecule has 2 aliphatic heterocycles. The number of piperazine rings is 1. The Labute approximate surface area is 248 Å². The fourth-order valence-electron chi connectivity index (χ4n) is 5.87. The first kappa shape index (κ1) is 28.4. The monoisotopic (exact) mass is 618 g/mol. The number of nitrogen functional groups attached to an aromatic ring is 1. The van der Waals surface area contributed by atoms with Gasteiger partial charge in [0.15, 0.2) is 5.13 Å².